The van der Waals surface area contributed by atoms with Crippen molar-refractivity contribution in [2.75, 3.05) is 7.05 Å². The fourth-order valence-corrected chi connectivity index (χ4v) is 0. The topological polar surface area (TPSA) is 56.7 Å². The van der Waals surface area contributed by atoms with Crippen LogP contribution in [0.2, 0.25) is 0 Å². The summed E-state index contributed by atoms with van der Waals surface area (Å²) in [6.45, 7) is 0. The molecule has 78 valence electrons. The van der Waals surface area contributed by atoms with Crippen molar-refractivity contribution in [1.29, 1.82) is 0 Å². The second-order valence-electron chi connectivity index (χ2n) is 1.63. The Hall–Kier alpha value is -0.560. The SMILES string of the molecule is CNC([NH3+])=O.F[P-](F)(F)(F)(F)F. The number of quaternary nitrogens is 1. The van der Waals surface area contributed by atoms with E-state index in [1.54, 1.807) is 0 Å². The van der Waals surface area contributed by atoms with Gasteiger partial charge in [0.25, 0.3) is 0 Å². The minimum absolute atomic E-state index is 0.245. The van der Waals surface area contributed by atoms with Crippen LogP contribution >= 0.6 is 7.81 Å². The second kappa shape index (κ2) is 2.74. The standard InChI is InChI=1S/C2H6N2O.F6P/c1-4-2(3)5;1-7(2,3,4,5)6/h1H3,(H3,3,4,5);/q;-1/p+1. The molecule has 0 aromatic carbocycles. The second-order valence-corrected chi connectivity index (χ2v) is 3.55. The number of hydrogen-bond donors (Lipinski definition) is 2. The molecule has 12 heavy (non-hydrogen) atoms. The molecule has 0 aliphatic rings. The van der Waals surface area contributed by atoms with Crippen molar-refractivity contribution >= 4 is 13.8 Å². The third kappa shape index (κ3) is 324. The predicted octanol–water partition coefficient (Wildman–Crippen LogP) is 1.95. The number of hydrogen-bond acceptors (Lipinski definition) is 1. The van der Waals surface area contributed by atoms with Crippen molar-refractivity contribution in [3.63, 3.8) is 0 Å². The van der Waals surface area contributed by atoms with E-state index in [-0.39, 0.29) is 6.03 Å². The summed E-state index contributed by atoms with van der Waals surface area (Å²) < 4.78 is 59.2. The summed E-state index contributed by atoms with van der Waals surface area (Å²) >= 11 is 0. The van der Waals surface area contributed by atoms with Gasteiger partial charge in [0.15, 0.2) is 0 Å². The normalized spacial score (nSPS) is 16.3. The molecule has 0 saturated carbocycles. The first-order valence-corrected chi connectivity index (χ1v) is 4.35. The molecular weight excluding hydrogens is 213 g/mol. The average Bonchev–Trinajstić information content (AvgIpc) is 1.56. The molecule has 2 amide bonds. The van der Waals surface area contributed by atoms with Gasteiger partial charge in [0.1, 0.15) is 0 Å². The van der Waals surface area contributed by atoms with Crippen molar-refractivity contribution in [3.8, 4) is 0 Å². The van der Waals surface area contributed by atoms with Gasteiger partial charge in [-0.2, -0.15) is 0 Å². The Kier molecular flexibility index (Phi) is 3.19. The molecule has 0 heterocycles. The zero-order chi connectivity index (χ0) is 10.7. The van der Waals surface area contributed by atoms with Gasteiger partial charge < -0.3 is 5.32 Å². The number of rotatable bonds is 0. The summed E-state index contributed by atoms with van der Waals surface area (Å²) in [5, 5.41) is 2.28. The predicted molar refractivity (Wildman–Crippen MR) is 30.9 cm³/mol. The van der Waals surface area contributed by atoms with Crippen molar-refractivity contribution in [2.24, 2.45) is 0 Å². The van der Waals surface area contributed by atoms with Gasteiger partial charge in [-0.1, -0.05) is 0 Å². The van der Waals surface area contributed by atoms with E-state index in [4.69, 9.17) is 0 Å². The van der Waals surface area contributed by atoms with Crippen LogP contribution in [0.3, 0.4) is 0 Å². The number of urea groups is 1. The summed E-state index contributed by atoms with van der Waals surface area (Å²) in [5.74, 6) is 0. The van der Waals surface area contributed by atoms with Gasteiger partial charge in [0, 0.05) is 7.05 Å². The maximum atomic E-state index is 9.87. The number of amides is 2. The zero-order valence-electron chi connectivity index (χ0n) is 5.83. The van der Waals surface area contributed by atoms with E-state index in [1.165, 1.54) is 7.05 Å². The molecule has 0 rings (SSSR count). The summed E-state index contributed by atoms with van der Waals surface area (Å²) in [6, 6.07) is -0.245. The molecule has 3 nitrogen and oxygen atoms in total. The monoisotopic (exact) mass is 220 g/mol. The van der Waals surface area contributed by atoms with Crippen molar-refractivity contribution in [2.45, 2.75) is 0 Å². The van der Waals surface area contributed by atoms with Crippen LogP contribution in [0, 0.1) is 0 Å². The third-order valence-electron chi connectivity index (χ3n) is 0.279. The molecule has 0 spiro atoms. The molecule has 0 radical (unpaired) electrons. The van der Waals surface area contributed by atoms with E-state index < -0.39 is 7.81 Å². The molecule has 0 aliphatic carbocycles. The van der Waals surface area contributed by atoms with E-state index in [0.717, 1.165) is 0 Å². The van der Waals surface area contributed by atoms with Crippen LogP contribution in [0.4, 0.5) is 30.0 Å². The van der Waals surface area contributed by atoms with Crippen LogP contribution in [0.25, 0.3) is 0 Å². The van der Waals surface area contributed by atoms with E-state index in [2.05, 4.69) is 11.1 Å². The Balaban J connectivity index is 0. The summed E-state index contributed by atoms with van der Waals surface area (Å²) in [4.78, 5) is 9.59. The molecular formula is C2H7F6N2OP. The van der Waals surface area contributed by atoms with Crippen LogP contribution in [-0.4, -0.2) is 13.1 Å². The number of carbonyl (C=O) groups excluding carboxylic acids is 1. The Morgan fingerprint density at radius 3 is 1.25 bits per heavy atom. The number of nitrogens with one attached hydrogen (secondary N) is 1. The first-order chi connectivity index (χ1) is 4.72. The van der Waals surface area contributed by atoms with Crippen LogP contribution < -0.4 is 11.1 Å². The molecule has 0 saturated heterocycles. The van der Waals surface area contributed by atoms with Crippen molar-refractivity contribution in [3.05, 3.63) is 0 Å². The van der Waals surface area contributed by atoms with Crippen LogP contribution in [-0.2, 0) is 0 Å². The quantitative estimate of drug-likeness (QED) is 0.475. The molecule has 0 unspecified atom stereocenters. The molecule has 4 N–H and O–H groups in total. The van der Waals surface area contributed by atoms with Gasteiger partial charge in [-0.05, 0) is 0 Å². The molecule has 0 aromatic rings. The Bertz CT molecular complexity index is 157. The molecule has 0 aliphatic heterocycles. The molecule has 0 bridgehead atoms. The van der Waals surface area contributed by atoms with Crippen LogP contribution in [0.1, 0.15) is 0 Å². The first kappa shape index (κ1) is 14.0. The summed E-state index contributed by atoms with van der Waals surface area (Å²) in [7, 11) is -9.12. The van der Waals surface area contributed by atoms with E-state index >= 15 is 0 Å². The number of carbonyl (C=O) groups is 1. The molecule has 0 aromatic heterocycles. The Labute approximate surface area is 63.1 Å². The third-order valence-corrected chi connectivity index (χ3v) is 0.279. The van der Waals surface area contributed by atoms with Gasteiger partial charge >= 0.3 is 39.0 Å². The summed E-state index contributed by atoms with van der Waals surface area (Å²) in [6.07, 6.45) is 0. The van der Waals surface area contributed by atoms with Crippen LogP contribution in [0.5, 0.6) is 0 Å². The van der Waals surface area contributed by atoms with Gasteiger partial charge in [-0.15, -0.1) is 0 Å². The van der Waals surface area contributed by atoms with Crippen LogP contribution in [0.15, 0.2) is 0 Å². The maximum absolute atomic E-state index is 10.7. The van der Waals surface area contributed by atoms with Gasteiger partial charge in [-0.3, -0.25) is 5.73 Å². The van der Waals surface area contributed by atoms with E-state index in [0.29, 0.717) is 0 Å². The Morgan fingerprint density at radius 2 is 1.25 bits per heavy atom. The summed E-state index contributed by atoms with van der Waals surface area (Å²) in [5.41, 5.74) is 3.01. The fourth-order valence-electron chi connectivity index (χ4n) is 0. The molecule has 10 heteroatoms. The molecule has 0 fully saturated rings. The Morgan fingerprint density at radius 1 is 1.17 bits per heavy atom. The first-order valence-electron chi connectivity index (χ1n) is 2.32. The van der Waals surface area contributed by atoms with Gasteiger partial charge in [0.2, 0.25) is 0 Å². The molecule has 0 atom stereocenters. The minimum atomic E-state index is -10.7. The van der Waals surface area contributed by atoms with E-state index in [9.17, 15) is 30.0 Å². The van der Waals surface area contributed by atoms with Crippen molar-refractivity contribution in [1.82, 2.24) is 5.32 Å². The average molecular weight is 220 g/mol. The van der Waals surface area contributed by atoms with Gasteiger partial charge in [0.05, 0.1) is 0 Å². The van der Waals surface area contributed by atoms with E-state index in [1.807, 2.05) is 0 Å². The zero-order valence-corrected chi connectivity index (χ0v) is 6.72. The van der Waals surface area contributed by atoms with Gasteiger partial charge in [-0.25, -0.2) is 4.79 Å². The van der Waals surface area contributed by atoms with Crippen molar-refractivity contribution < 1.29 is 35.7 Å². The fraction of sp³-hybridized carbons (Fsp3) is 0.500. The number of halogens is 6.